The molecule has 0 atom stereocenters. The Bertz CT molecular complexity index is 691. The van der Waals surface area contributed by atoms with Crippen molar-refractivity contribution in [3.8, 4) is 5.13 Å². The fraction of sp³-hybridized carbons (Fsp3) is 0.0714. The summed E-state index contributed by atoms with van der Waals surface area (Å²) in [7, 11) is 0. The second-order valence-electron chi connectivity index (χ2n) is 4.17. The molecule has 1 N–H and O–H groups in total. The topological polar surface area (TPSA) is 59.8 Å². The van der Waals surface area contributed by atoms with Crippen molar-refractivity contribution >= 4 is 23.1 Å². The SMILES string of the molecule is O=C(Cc1ccccc1)Nc1ccn(-c2nccs2)n1. The van der Waals surface area contributed by atoms with E-state index in [1.54, 1.807) is 23.1 Å². The van der Waals surface area contributed by atoms with Crippen LogP contribution in [-0.2, 0) is 11.2 Å². The van der Waals surface area contributed by atoms with E-state index in [1.807, 2.05) is 35.7 Å². The van der Waals surface area contributed by atoms with Gasteiger partial charge in [-0.3, -0.25) is 4.79 Å². The van der Waals surface area contributed by atoms with E-state index in [1.165, 1.54) is 11.3 Å². The zero-order chi connectivity index (χ0) is 13.8. The maximum Gasteiger partial charge on any atom is 0.229 e. The Kier molecular flexibility index (Phi) is 3.56. The Morgan fingerprint density at radius 2 is 2.10 bits per heavy atom. The van der Waals surface area contributed by atoms with Crippen molar-refractivity contribution in [2.24, 2.45) is 0 Å². The summed E-state index contributed by atoms with van der Waals surface area (Å²) in [6, 6.07) is 11.4. The number of rotatable bonds is 4. The van der Waals surface area contributed by atoms with Crippen LogP contribution >= 0.6 is 11.3 Å². The molecule has 0 aliphatic carbocycles. The molecule has 0 aliphatic rings. The second kappa shape index (κ2) is 5.66. The zero-order valence-corrected chi connectivity index (χ0v) is 11.4. The number of carbonyl (C=O) groups excluding carboxylic acids is 1. The van der Waals surface area contributed by atoms with Gasteiger partial charge in [-0.15, -0.1) is 16.4 Å². The first-order valence-corrected chi connectivity index (χ1v) is 6.98. The number of hydrogen-bond donors (Lipinski definition) is 1. The highest BCUT2D eigenvalue weighted by molar-refractivity contribution is 7.12. The van der Waals surface area contributed by atoms with Gasteiger partial charge in [0.25, 0.3) is 0 Å². The van der Waals surface area contributed by atoms with Gasteiger partial charge in [0.2, 0.25) is 11.0 Å². The van der Waals surface area contributed by atoms with E-state index in [0.29, 0.717) is 12.2 Å². The average molecular weight is 284 g/mol. The summed E-state index contributed by atoms with van der Waals surface area (Å²) in [5.41, 5.74) is 0.976. The molecule has 0 saturated carbocycles. The lowest BCUT2D eigenvalue weighted by atomic mass is 10.1. The van der Waals surface area contributed by atoms with E-state index in [2.05, 4.69) is 15.4 Å². The third-order valence-corrected chi connectivity index (χ3v) is 3.44. The third kappa shape index (κ3) is 2.92. The Hall–Kier alpha value is -2.47. The van der Waals surface area contributed by atoms with Gasteiger partial charge in [0, 0.05) is 23.8 Å². The maximum absolute atomic E-state index is 11.9. The lowest BCUT2D eigenvalue weighted by Gasteiger charge is -2.02. The van der Waals surface area contributed by atoms with Crippen molar-refractivity contribution in [1.29, 1.82) is 0 Å². The predicted octanol–water partition coefficient (Wildman–Crippen LogP) is 2.51. The fourth-order valence-corrected chi connectivity index (χ4v) is 2.37. The molecule has 3 rings (SSSR count). The van der Waals surface area contributed by atoms with Crippen LogP contribution in [0.15, 0.2) is 54.2 Å². The van der Waals surface area contributed by atoms with Crippen LogP contribution in [-0.4, -0.2) is 20.7 Å². The first-order chi connectivity index (χ1) is 9.81. The quantitative estimate of drug-likeness (QED) is 0.800. The van der Waals surface area contributed by atoms with E-state index in [-0.39, 0.29) is 5.91 Å². The van der Waals surface area contributed by atoms with Gasteiger partial charge in [-0.25, -0.2) is 9.67 Å². The number of amides is 1. The molecule has 0 unspecified atom stereocenters. The number of hydrogen-bond acceptors (Lipinski definition) is 4. The average Bonchev–Trinajstić information content (AvgIpc) is 3.10. The number of anilines is 1. The molecule has 0 fully saturated rings. The highest BCUT2D eigenvalue weighted by atomic mass is 32.1. The molecular formula is C14H12N4OS. The van der Waals surface area contributed by atoms with Crippen LogP contribution in [0.1, 0.15) is 5.56 Å². The number of thiazole rings is 1. The third-order valence-electron chi connectivity index (χ3n) is 2.68. The van der Waals surface area contributed by atoms with Crippen LogP contribution in [0.5, 0.6) is 0 Å². The van der Waals surface area contributed by atoms with Crippen molar-refractivity contribution in [3.63, 3.8) is 0 Å². The Morgan fingerprint density at radius 1 is 1.25 bits per heavy atom. The van der Waals surface area contributed by atoms with E-state index >= 15 is 0 Å². The molecule has 0 radical (unpaired) electrons. The molecule has 2 aromatic heterocycles. The molecule has 0 spiro atoms. The maximum atomic E-state index is 11.9. The van der Waals surface area contributed by atoms with Crippen molar-refractivity contribution in [2.45, 2.75) is 6.42 Å². The highest BCUT2D eigenvalue weighted by Crippen LogP contribution is 2.12. The number of benzene rings is 1. The van der Waals surface area contributed by atoms with Gasteiger partial charge in [0.05, 0.1) is 6.42 Å². The molecule has 100 valence electrons. The van der Waals surface area contributed by atoms with Crippen LogP contribution in [0.25, 0.3) is 5.13 Å². The highest BCUT2D eigenvalue weighted by Gasteiger charge is 2.07. The van der Waals surface area contributed by atoms with Crippen molar-refractivity contribution in [2.75, 3.05) is 5.32 Å². The summed E-state index contributed by atoms with van der Waals surface area (Å²) >= 11 is 1.49. The normalized spacial score (nSPS) is 10.4. The molecule has 2 heterocycles. The first-order valence-electron chi connectivity index (χ1n) is 6.10. The van der Waals surface area contributed by atoms with Gasteiger partial charge < -0.3 is 5.32 Å². The fourth-order valence-electron chi connectivity index (χ4n) is 1.79. The number of nitrogens with one attached hydrogen (secondary N) is 1. The summed E-state index contributed by atoms with van der Waals surface area (Å²) in [5.74, 6) is 0.446. The zero-order valence-electron chi connectivity index (χ0n) is 10.6. The van der Waals surface area contributed by atoms with Crippen molar-refractivity contribution in [3.05, 3.63) is 59.7 Å². The largest absolute Gasteiger partial charge is 0.309 e. The monoisotopic (exact) mass is 284 g/mol. The molecule has 6 heteroatoms. The summed E-state index contributed by atoms with van der Waals surface area (Å²) in [6.45, 7) is 0. The summed E-state index contributed by atoms with van der Waals surface area (Å²) < 4.78 is 1.64. The minimum atomic E-state index is -0.0828. The summed E-state index contributed by atoms with van der Waals surface area (Å²) in [4.78, 5) is 16.1. The van der Waals surface area contributed by atoms with Crippen LogP contribution in [0.4, 0.5) is 5.82 Å². The van der Waals surface area contributed by atoms with Gasteiger partial charge in [-0.1, -0.05) is 30.3 Å². The van der Waals surface area contributed by atoms with E-state index < -0.39 is 0 Å². The lowest BCUT2D eigenvalue weighted by Crippen LogP contribution is -2.14. The molecule has 0 bridgehead atoms. The predicted molar refractivity (Wildman–Crippen MR) is 78.0 cm³/mol. The Labute approximate surface area is 119 Å². The summed E-state index contributed by atoms with van der Waals surface area (Å²) in [6.07, 6.45) is 3.83. The molecule has 3 aromatic rings. The van der Waals surface area contributed by atoms with Crippen LogP contribution < -0.4 is 5.32 Å². The van der Waals surface area contributed by atoms with Gasteiger partial charge in [-0.2, -0.15) is 0 Å². The first kappa shape index (κ1) is 12.6. The van der Waals surface area contributed by atoms with Crippen LogP contribution in [0.2, 0.25) is 0 Å². The van der Waals surface area contributed by atoms with Gasteiger partial charge in [-0.05, 0) is 5.56 Å². The smallest absolute Gasteiger partial charge is 0.229 e. The van der Waals surface area contributed by atoms with E-state index in [9.17, 15) is 4.79 Å². The molecule has 5 nitrogen and oxygen atoms in total. The molecule has 0 aliphatic heterocycles. The molecule has 20 heavy (non-hydrogen) atoms. The van der Waals surface area contributed by atoms with Gasteiger partial charge in [0.15, 0.2) is 5.82 Å². The number of nitrogens with zero attached hydrogens (tertiary/aromatic N) is 3. The van der Waals surface area contributed by atoms with Crippen molar-refractivity contribution in [1.82, 2.24) is 14.8 Å². The summed E-state index contributed by atoms with van der Waals surface area (Å²) in [5, 5.41) is 9.70. The molecular weight excluding hydrogens is 272 g/mol. The molecule has 1 amide bonds. The van der Waals surface area contributed by atoms with Crippen LogP contribution in [0, 0.1) is 0 Å². The number of carbonyl (C=O) groups is 1. The Morgan fingerprint density at radius 3 is 2.85 bits per heavy atom. The molecule has 1 aromatic carbocycles. The van der Waals surface area contributed by atoms with E-state index in [0.717, 1.165) is 10.7 Å². The molecule has 0 saturated heterocycles. The van der Waals surface area contributed by atoms with E-state index in [4.69, 9.17) is 0 Å². The lowest BCUT2D eigenvalue weighted by molar-refractivity contribution is -0.115. The minimum Gasteiger partial charge on any atom is -0.309 e. The van der Waals surface area contributed by atoms with Gasteiger partial charge in [0.1, 0.15) is 0 Å². The minimum absolute atomic E-state index is 0.0828. The Balaban J connectivity index is 1.65. The van der Waals surface area contributed by atoms with Crippen LogP contribution in [0.3, 0.4) is 0 Å². The van der Waals surface area contributed by atoms with Crippen molar-refractivity contribution < 1.29 is 4.79 Å². The number of aromatic nitrogens is 3. The van der Waals surface area contributed by atoms with Gasteiger partial charge >= 0.3 is 0 Å². The standard InChI is InChI=1S/C14H12N4OS/c19-13(10-11-4-2-1-3-5-11)16-12-6-8-18(17-12)14-15-7-9-20-14/h1-9H,10H2,(H,16,17,19). The second-order valence-corrected chi connectivity index (χ2v) is 5.04.